The molecule has 2 heterocycles. The van der Waals surface area contributed by atoms with Gasteiger partial charge in [0, 0.05) is 17.6 Å². The van der Waals surface area contributed by atoms with Crippen LogP contribution in [0, 0.1) is 12.7 Å². The zero-order valence-electron chi connectivity index (χ0n) is 16.7. The number of benzene rings is 2. The molecule has 0 aliphatic carbocycles. The molecule has 3 N–H and O–H groups in total. The lowest BCUT2D eigenvalue weighted by atomic mass is 10.1. The lowest BCUT2D eigenvalue weighted by Gasteiger charge is -2.12. The minimum atomic E-state index is -0.692. The molecule has 1 amide bonds. The molecule has 2 aromatic carbocycles. The lowest BCUT2D eigenvalue weighted by Crippen LogP contribution is -2.13. The normalized spacial score (nSPS) is 11.0. The summed E-state index contributed by atoms with van der Waals surface area (Å²) in [5.74, 6) is -0.353. The molecular weight excluding hydrogens is 383 g/mol. The zero-order chi connectivity index (χ0) is 21.3. The Morgan fingerprint density at radius 2 is 1.93 bits per heavy atom. The first kappa shape index (κ1) is 19.5. The van der Waals surface area contributed by atoms with Crippen LogP contribution >= 0.6 is 0 Å². The van der Waals surface area contributed by atoms with E-state index in [1.165, 1.54) is 6.07 Å². The van der Waals surface area contributed by atoms with Gasteiger partial charge < -0.3 is 11.1 Å². The molecule has 0 spiro atoms. The van der Waals surface area contributed by atoms with Gasteiger partial charge in [-0.15, -0.1) is 10.2 Å². The molecule has 0 bridgehead atoms. The molecule has 0 unspecified atom stereocenters. The largest absolute Gasteiger partial charge is 0.366 e. The number of aromatic nitrogens is 4. The van der Waals surface area contributed by atoms with E-state index in [2.05, 4.69) is 20.5 Å². The van der Waals surface area contributed by atoms with Gasteiger partial charge in [0.2, 0.25) is 5.91 Å². The van der Waals surface area contributed by atoms with Gasteiger partial charge in [-0.2, -0.15) is 4.98 Å². The fourth-order valence-electron chi connectivity index (χ4n) is 3.47. The first-order chi connectivity index (χ1) is 14.5. The first-order valence-corrected chi connectivity index (χ1v) is 9.61. The minimum absolute atomic E-state index is 0.118. The van der Waals surface area contributed by atoms with E-state index in [4.69, 9.17) is 5.73 Å². The number of hydrogen-bond acceptors (Lipinski definition) is 5. The average molecular weight is 404 g/mol. The van der Waals surface area contributed by atoms with Crippen LogP contribution in [-0.2, 0) is 13.0 Å². The fourth-order valence-corrected chi connectivity index (χ4v) is 3.47. The summed E-state index contributed by atoms with van der Waals surface area (Å²) in [6, 6.07) is 14.2. The molecule has 0 saturated heterocycles. The van der Waals surface area contributed by atoms with Crippen LogP contribution in [0.5, 0.6) is 0 Å². The first-order valence-electron chi connectivity index (χ1n) is 9.61. The van der Waals surface area contributed by atoms with E-state index in [1.54, 1.807) is 10.6 Å². The quantitative estimate of drug-likeness (QED) is 0.512. The van der Waals surface area contributed by atoms with Crippen molar-refractivity contribution in [3.8, 4) is 5.95 Å². The fraction of sp³-hybridized carbons (Fsp3) is 0.182. The van der Waals surface area contributed by atoms with Crippen LogP contribution in [0.15, 0.2) is 48.5 Å². The van der Waals surface area contributed by atoms with E-state index in [0.717, 1.165) is 23.0 Å². The van der Waals surface area contributed by atoms with Crippen molar-refractivity contribution < 1.29 is 9.18 Å². The topological polar surface area (TPSA) is 98.7 Å². The minimum Gasteiger partial charge on any atom is -0.366 e. The van der Waals surface area contributed by atoms with Gasteiger partial charge in [0.15, 0.2) is 5.82 Å². The molecule has 4 rings (SSSR count). The summed E-state index contributed by atoms with van der Waals surface area (Å²) in [4.78, 5) is 16.4. The number of nitrogens with one attached hydrogen (secondary N) is 1. The third-order valence-corrected chi connectivity index (χ3v) is 4.92. The standard InChI is InChI=1S/C22H21FN6O/c1-3-18-21(25-12-14-7-5-4-6-8-14)26-22(28-27-18)29-13(2)9-16-17(20(24)30)10-15(23)11-19(16)29/h4-11H,3,12H2,1-2H3,(H2,24,30)(H,25,26,28). The highest BCUT2D eigenvalue weighted by atomic mass is 19.1. The third-order valence-electron chi connectivity index (χ3n) is 4.92. The van der Waals surface area contributed by atoms with Crippen LogP contribution in [-0.4, -0.2) is 25.7 Å². The lowest BCUT2D eigenvalue weighted by molar-refractivity contribution is 0.100. The summed E-state index contributed by atoms with van der Waals surface area (Å²) in [6.07, 6.45) is 0.656. The number of anilines is 1. The van der Waals surface area contributed by atoms with Crippen molar-refractivity contribution in [2.24, 2.45) is 5.73 Å². The van der Waals surface area contributed by atoms with Gasteiger partial charge in [-0.1, -0.05) is 37.3 Å². The summed E-state index contributed by atoms with van der Waals surface area (Å²) in [7, 11) is 0. The highest BCUT2D eigenvalue weighted by molar-refractivity contribution is 6.06. The summed E-state index contributed by atoms with van der Waals surface area (Å²) < 4.78 is 15.9. The molecule has 0 radical (unpaired) electrons. The molecule has 0 atom stereocenters. The molecule has 0 fully saturated rings. The zero-order valence-corrected chi connectivity index (χ0v) is 16.7. The van der Waals surface area contributed by atoms with Gasteiger partial charge in [0.25, 0.3) is 5.95 Å². The molecule has 8 heteroatoms. The maximum atomic E-state index is 14.2. The Morgan fingerprint density at radius 1 is 1.17 bits per heavy atom. The van der Waals surface area contributed by atoms with Gasteiger partial charge in [-0.3, -0.25) is 9.36 Å². The second-order valence-corrected chi connectivity index (χ2v) is 6.97. The van der Waals surface area contributed by atoms with Gasteiger partial charge in [-0.05, 0) is 37.1 Å². The second-order valence-electron chi connectivity index (χ2n) is 6.97. The average Bonchev–Trinajstić information content (AvgIpc) is 3.07. The number of hydrogen-bond donors (Lipinski definition) is 2. The number of halogens is 1. The number of rotatable bonds is 6. The van der Waals surface area contributed by atoms with Crippen molar-refractivity contribution in [1.29, 1.82) is 0 Å². The number of fused-ring (bicyclic) bond motifs is 1. The van der Waals surface area contributed by atoms with Crippen molar-refractivity contribution in [3.05, 3.63) is 76.9 Å². The number of primary amides is 1. The monoisotopic (exact) mass is 404 g/mol. The Balaban J connectivity index is 1.80. The van der Waals surface area contributed by atoms with Crippen LogP contribution in [0.4, 0.5) is 10.2 Å². The molecule has 0 saturated carbocycles. The molecule has 0 aliphatic rings. The van der Waals surface area contributed by atoms with Gasteiger partial charge in [0.05, 0.1) is 11.1 Å². The van der Waals surface area contributed by atoms with Crippen molar-refractivity contribution >= 4 is 22.6 Å². The van der Waals surface area contributed by atoms with Crippen LogP contribution in [0.1, 0.15) is 34.2 Å². The molecular formula is C22H21FN6O. The smallest absolute Gasteiger partial charge is 0.256 e. The highest BCUT2D eigenvalue weighted by Gasteiger charge is 2.18. The SMILES string of the molecule is CCc1nnc(-n2c(C)cc3c(C(N)=O)cc(F)cc32)nc1NCc1ccccc1. The van der Waals surface area contributed by atoms with Crippen LogP contribution in [0.3, 0.4) is 0 Å². The summed E-state index contributed by atoms with van der Waals surface area (Å²) in [5, 5.41) is 12.4. The van der Waals surface area contributed by atoms with Gasteiger partial charge >= 0.3 is 0 Å². The van der Waals surface area contributed by atoms with Crippen LogP contribution in [0.25, 0.3) is 16.9 Å². The van der Waals surface area contributed by atoms with Crippen molar-refractivity contribution in [1.82, 2.24) is 19.7 Å². The number of carbonyl (C=O) groups is 1. The molecule has 30 heavy (non-hydrogen) atoms. The van der Waals surface area contributed by atoms with Crippen molar-refractivity contribution in [3.63, 3.8) is 0 Å². The summed E-state index contributed by atoms with van der Waals surface area (Å²) in [6.45, 7) is 4.39. The van der Waals surface area contributed by atoms with Crippen molar-refractivity contribution in [2.75, 3.05) is 5.32 Å². The molecule has 2 aromatic heterocycles. The van der Waals surface area contributed by atoms with E-state index in [9.17, 15) is 9.18 Å². The Bertz CT molecular complexity index is 1240. The maximum Gasteiger partial charge on any atom is 0.256 e. The number of nitrogens with zero attached hydrogens (tertiary/aromatic N) is 4. The Labute approximate surface area is 172 Å². The number of nitrogens with two attached hydrogens (primary N) is 1. The summed E-state index contributed by atoms with van der Waals surface area (Å²) >= 11 is 0. The van der Waals surface area contributed by atoms with Crippen molar-refractivity contribution in [2.45, 2.75) is 26.8 Å². The Kier molecular flexibility index (Phi) is 5.14. The Hall–Kier alpha value is -3.81. The number of amides is 1. The van der Waals surface area contributed by atoms with Crippen LogP contribution < -0.4 is 11.1 Å². The van der Waals surface area contributed by atoms with E-state index < -0.39 is 11.7 Å². The number of carbonyl (C=O) groups excluding carboxylic acids is 1. The third kappa shape index (κ3) is 3.59. The predicted octanol–water partition coefficient (Wildman–Crippen LogP) is 3.54. The van der Waals surface area contributed by atoms with E-state index >= 15 is 0 Å². The van der Waals surface area contributed by atoms with E-state index in [0.29, 0.717) is 29.7 Å². The maximum absolute atomic E-state index is 14.2. The number of aryl methyl sites for hydroxylation is 2. The highest BCUT2D eigenvalue weighted by Crippen LogP contribution is 2.27. The Morgan fingerprint density at radius 3 is 2.63 bits per heavy atom. The van der Waals surface area contributed by atoms with E-state index in [1.807, 2.05) is 44.2 Å². The van der Waals surface area contributed by atoms with Gasteiger partial charge in [0.1, 0.15) is 11.5 Å². The predicted molar refractivity (Wildman–Crippen MR) is 113 cm³/mol. The summed E-state index contributed by atoms with van der Waals surface area (Å²) in [5.41, 5.74) is 8.58. The molecule has 4 aromatic rings. The second kappa shape index (κ2) is 7.90. The van der Waals surface area contributed by atoms with Gasteiger partial charge in [-0.25, -0.2) is 4.39 Å². The molecule has 0 aliphatic heterocycles. The molecule has 152 valence electrons. The molecule has 7 nitrogen and oxygen atoms in total. The van der Waals surface area contributed by atoms with E-state index in [-0.39, 0.29) is 11.5 Å². The van der Waals surface area contributed by atoms with Crippen LogP contribution in [0.2, 0.25) is 0 Å².